The highest BCUT2D eigenvalue weighted by Crippen LogP contribution is 2.35. The highest BCUT2D eigenvalue weighted by atomic mass is 32.2. The fourth-order valence-electron chi connectivity index (χ4n) is 3.08. The van der Waals surface area contributed by atoms with Crippen molar-refractivity contribution in [2.45, 2.75) is 72.0 Å². The van der Waals surface area contributed by atoms with E-state index in [1.54, 1.807) is 48.5 Å². The summed E-state index contributed by atoms with van der Waals surface area (Å²) < 4.78 is 29.2. The molecule has 0 saturated carbocycles. The fourth-order valence-corrected chi connectivity index (χ4v) is 3.58. The van der Waals surface area contributed by atoms with Crippen molar-refractivity contribution in [3.8, 4) is 0 Å². The number of carboxylic acids is 1. The van der Waals surface area contributed by atoms with Crippen LogP contribution in [0.4, 0.5) is 0 Å². The second kappa shape index (κ2) is 13.6. The number of rotatable bonds is 5. The summed E-state index contributed by atoms with van der Waals surface area (Å²) in [6.45, 7) is 14.1. The minimum Gasteiger partial charge on any atom is -0.478 e. The lowest BCUT2D eigenvalue weighted by molar-refractivity contribution is -0.0809. The molecule has 0 aliphatic carbocycles. The molecule has 4 N–H and O–H groups in total. The van der Waals surface area contributed by atoms with E-state index in [1.165, 1.54) is 12.1 Å². The number of aliphatic hydroxyl groups is 2. The molecule has 2 rings (SSSR count). The van der Waals surface area contributed by atoms with Gasteiger partial charge in [-0.25, -0.2) is 4.79 Å². The Morgan fingerprint density at radius 2 is 1.15 bits per heavy atom. The number of hydrogen-bond donors (Lipinski definition) is 4. The Bertz CT molecular complexity index is 924. The van der Waals surface area contributed by atoms with Gasteiger partial charge in [0.15, 0.2) is 0 Å². The molecule has 34 heavy (non-hydrogen) atoms. The first-order chi connectivity index (χ1) is 15.4. The molecule has 0 heterocycles. The predicted molar refractivity (Wildman–Crippen MR) is 134 cm³/mol. The average Bonchev–Trinajstić information content (AvgIpc) is 2.74. The van der Waals surface area contributed by atoms with E-state index >= 15 is 0 Å². The van der Waals surface area contributed by atoms with Crippen molar-refractivity contribution in [3.05, 3.63) is 66.2 Å². The third-order valence-electron chi connectivity index (χ3n) is 5.12. The summed E-state index contributed by atoms with van der Waals surface area (Å²) >= 11 is 0. The van der Waals surface area contributed by atoms with Gasteiger partial charge in [0, 0.05) is 5.92 Å². The van der Waals surface area contributed by atoms with Crippen molar-refractivity contribution in [1.29, 1.82) is 0 Å². The Labute approximate surface area is 204 Å². The zero-order valence-electron chi connectivity index (χ0n) is 21.1. The normalized spacial score (nSPS) is 14.4. The van der Waals surface area contributed by atoms with Gasteiger partial charge in [-0.05, 0) is 41.5 Å². The van der Waals surface area contributed by atoms with Gasteiger partial charge in [-0.3, -0.25) is 4.55 Å². The molecule has 0 aliphatic rings. The second-order valence-corrected chi connectivity index (χ2v) is 11.6. The molecule has 0 fully saturated rings. The van der Waals surface area contributed by atoms with Crippen LogP contribution in [0.25, 0.3) is 0 Å². The topological polar surface area (TPSA) is 132 Å². The molecule has 0 amide bonds. The van der Waals surface area contributed by atoms with E-state index in [9.17, 15) is 23.4 Å². The standard InChI is InChI=1S/C13H28O2.C7H6O2.C6H6O3S/c1-8-9(10(14)12(2,3)4)11(15)13(5,6)7;8-7(9)6-4-2-1-3-5-6;7-10(8,9)6-4-2-1-3-5-6/h9-11,14-15H,8H2,1-7H3;1-5H,(H,8,9);1-5H,(H,7,8,9). The summed E-state index contributed by atoms with van der Waals surface area (Å²) in [5, 5.41) is 28.8. The van der Waals surface area contributed by atoms with Crippen LogP contribution < -0.4 is 0 Å². The van der Waals surface area contributed by atoms with Crippen LogP contribution in [-0.2, 0) is 10.1 Å². The molecule has 2 aromatic rings. The van der Waals surface area contributed by atoms with Gasteiger partial charge in [0.05, 0.1) is 22.7 Å². The monoisotopic (exact) mass is 496 g/mol. The highest BCUT2D eigenvalue weighted by Gasteiger charge is 2.38. The van der Waals surface area contributed by atoms with Crippen LogP contribution in [0.3, 0.4) is 0 Å². The van der Waals surface area contributed by atoms with Gasteiger partial charge in [0.1, 0.15) is 0 Å². The van der Waals surface area contributed by atoms with Crippen LogP contribution in [-0.4, -0.2) is 46.5 Å². The van der Waals surface area contributed by atoms with Gasteiger partial charge in [-0.15, -0.1) is 0 Å². The highest BCUT2D eigenvalue weighted by molar-refractivity contribution is 7.85. The summed E-state index contributed by atoms with van der Waals surface area (Å²) in [5.74, 6) is -0.930. The quantitative estimate of drug-likeness (QED) is 0.421. The third kappa shape index (κ3) is 11.7. The molecule has 0 aliphatic heterocycles. The molecule has 0 spiro atoms. The zero-order chi connectivity index (χ0) is 26.7. The predicted octanol–water partition coefficient (Wildman–Crippen LogP) is 5.14. The number of hydrogen-bond acceptors (Lipinski definition) is 5. The van der Waals surface area contributed by atoms with Gasteiger partial charge in [0.2, 0.25) is 0 Å². The summed E-state index contributed by atoms with van der Waals surface area (Å²) in [7, 11) is -4.00. The SMILES string of the molecule is CCC(C(O)C(C)(C)C)C(O)C(C)(C)C.O=C(O)c1ccccc1.O=S(=O)(O)c1ccccc1. The Hall–Kier alpha value is -2.26. The molecule has 2 atom stereocenters. The lowest BCUT2D eigenvalue weighted by atomic mass is 9.71. The van der Waals surface area contributed by atoms with Crippen molar-refractivity contribution < 1.29 is 33.1 Å². The van der Waals surface area contributed by atoms with E-state index in [2.05, 4.69) is 0 Å². The zero-order valence-corrected chi connectivity index (χ0v) is 22.0. The van der Waals surface area contributed by atoms with Gasteiger partial charge in [0.25, 0.3) is 10.1 Å². The van der Waals surface area contributed by atoms with Crippen molar-refractivity contribution in [2.24, 2.45) is 16.7 Å². The minimum atomic E-state index is -4.00. The number of carboxylic acid groups (broad SMARTS) is 1. The third-order valence-corrected chi connectivity index (χ3v) is 5.99. The van der Waals surface area contributed by atoms with Crippen molar-refractivity contribution in [2.75, 3.05) is 0 Å². The lowest BCUT2D eigenvalue weighted by Crippen LogP contribution is -2.45. The Balaban J connectivity index is 0.000000499. The van der Waals surface area contributed by atoms with E-state index in [-0.39, 0.29) is 21.6 Å². The molecule has 192 valence electrons. The van der Waals surface area contributed by atoms with Gasteiger partial charge in [-0.2, -0.15) is 8.42 Å². The molecule has 2 aromatic carbocycles. The summed E-state index contributed by atoms with van der Waals surface area (Å²) in [4.78, 5) is 10.1. The summed E-state index contributed by atoms with van der Waals surface area (Å²) in [6, 6.07) is 15.7. The average molecular weight is 497 g/mol. The summed E-state index contributed by atoms with van der Waals surface area (Å²) in [5.41, 5.74) is -0.0164. The van der Waals surface area contributed by atoms with Gasteiger partial charge < -0.3 is 15.3 Å². The van der Waals surface area contributed by atoms with Crippen molar-refractivity contribution in [1.82, 2.24) is 0 Å². The Morgan fingerprint density at radius 3 is 1.35 bits per heavy atom. The molecular formula is C26H40O7S. The van der Waals surface area contributed by atoms with E-state index in [1.807, 2.05) is 48.5 Å². The number of carbonyl (C=O) groups is 1. The summed E-state index contributed by atoms with van der Waals surface area (Å²) in [6.07, 6.45) is -0.120. The first-order valence-corrected chi connectivity index (χ1v) is 12.5. The molecule has 0 aromatic heterocycles. The van der Waals surface area contributed by atoms with E-state index in [0.29, 0.717) is 5.56 Å². The van der Waals surface area contributed by atoms with Crippen LogP contribution in [0.1, 0.15) is 65.2 Å². The largest absolute Gasteiger partial charge is 0.478 e. The number of aromatic carboxylic acids is 1. The van der Waals surface area contributed by atoms with Crippen LogP contribution in [0, 0.1) is 16.7 Å². The maximum absolute atomic E-state index is 10.4. The second-order valence-electron chi connectivity index (χ2n) is 10.2. The first kappa shape index (κ1) is 31.7. The minimum absolute atomic E-state index is 0.0509. The van der Waals surface area contributed by atoms with E-state index < -0.39 is 28.3 Å². The van der Waals surface area contributed by atoms with Crippen molar-refractivity contribution in [3.63, 3.8) is 0 Å². The molecule has 7 nitrogen and oxygen atoms in total. The molecule has 0 bridgehead atoms. The first-order valence-electron chi connectivity index (χ1n) is 11.1. The smallest absolute Gasteiger partial charge is 0.335 e. The van der Waals surface area contributed by atoms with Crippen LogP contribution in [0.15, 0.2) is 65.6 Å². The van der Waals surface area contributed by atoms with Gasteiger partial charge in [-0.1, -0.05) is 84.9 Å². The van der Waals surface area contributed by atoms with Gasteiger partial charge >= 0.3 is 5.97 Å². The van der Waals surface area contributed by atoms with E-state index in [0.717, 1.165) is 6.42 Å². The Morgan fingerprint density at radius 1 is 0.794 bits per heavy atom. The molecular weight excluding hydrogens is 456 g/mol. The molecule has 0 saturated heterocycles. The maximum Gasteiger partial charge on any atom is 0.335 e. The lowest BCUT2D eigenvalue weighted by Gasteiger charge is -2.40. The van der Waals surface area contributed by atoms with Crippen molar-refractivity contribution >= 4 is 16.1 Å². The fraction of sp³-hybridized carbons (Fsp3) is 0.500. The number of aliphatic hydroxyl groups excluding tert-OH is 2. The Kier molecular flexibility index (Phi) is 12.7. The molecule has 0 radical (unpaired) electrons. The number of benzene rings is 2. The van der Waals surface area contributed by atoms with E-state index in [4.69, 9.17) is 9.66 Å². The van der Waals surface area contributed by atoms with Crippen LogP contribution >= 0.6 is 0 Å². The maximum atomic E-state index is 10.4. The van der Waals surface area contributed by atoms with Crippen LogP contribution in [0.5, 0.6) is 0 Å². The molecule has 8 heteroatoms. The molecule has 2 unspecified atom stereocenters. The van der Waals surface area contributed by atoms with Crippen LogP contribution in [0.2, 0.25) is 0 Å².